The van der Waals surface area contributed by atoms with Gasteiger partial charge in [-0.2, -0.15) is 0 Å². The maximum Gasteiger partial charge on any atom is 0.175 e. The zero-order valence-electron chi connectivity index (χ0n) is 16.1. The summed E-state index contributed by atoms with van der Waals surface area (Å²) < 4.78 is 8.62. The third kappa shape index (κ3) is 5.06. The quantitative estimate of drug-likeness (QED) is 0.314. The van der Waals surface area contributed by atoms with E-state index in [9.17, 15) is 0 Å². The lowest BCUT2D eigenvalue weighted by atomic mass is 10.2. The molecule has 0 saturated carbocycles. The molecule has 0 aliphatic rings. The first-order valence-corrected chi connectivity index (χ1v) is 11.2. The highest BCUT2D eigenvalue weighted by molar-refractivity contribution is 14.1. The molecule has 2 aromatic heterocycles. The number of rotatable bonds is 10. The van der Waals surface area contributed by atoms with E-state index in [4.69, 9.17) is 15.5 Å². The van der Waals surface area contributed by atoms with Crippen LogP contribution in [0.4, 0.5) is 5.82 Å². The van der Waals surface area contributed by atoms with Gasteiger partial charge < -0.3 is 20.4 Å². The van der Waals surface area contributed by atoms with E-state index in [-0.39, 0.29) is 0 Å². The topological polar surface area (TPSA) is 90.9 Å². The molecule has 0 bridgehead atoms. The zero-order valence-corrected chi connectivity index (χ0v) is 19.1. The van der Waals surface area contributed by atoms with Crippen molar-refractivity contribution in [1.29, 1.82) is 0 Å². The SMILES string of the molecule is CCCCCNCCn1c(Sc2cc(OC)ccc2I)nc2c(N)ncnc21. The van der Waals surface area contributed by atoms with Gasteiger partial charge in [0.25, 0.3) is 0 Å². The van der Waals surface area contributed by atoms with Crippen molar-refractivity contribution in [2.75, 3.05) is 25.9 Å². The molecule has 1 aromatic carbocycles. The van der Waals surface area contributed by atoms with Crippen LogP contribution in [0.25, 0.3) is 11.2 Å². The molecular weight excluding hydrogens is 487 g/mol. The average molecular weight is 512 g/mol. The summed E-state index contributed by atoms with van der Waals surface area (Å²) in [6.45, 7) is 4.85. The van der Waals surface area contributed by atoms with Gasteiger partial charge >= 0.3 is 0 Å². The van der Waals surface area contributed by atoms with Gasteiger partial charge in [0.1, 0.15) is 12.1 Å². The maximum absolute atomic E-state index is 6.04. The van der Waals surface area contributed by atoms with Crippen LogP contribution in [0.15, 0.2) is 34.6 Å². The third-order valence-corrected chi connectivity index (χ3v) is 6.69. The molecule has 0 unspecified atom stereocenters. The number of unbranched alkanes of at least 4 members (excludes halogenated alkanes) is 2. The number of nitrogens with two attached hydrogens (primary N) is 1. The molecule has 2 heterocycles. The van der Waals surface area contributed by atoms with Crippen LogP contribution < -0.4 is 15.8 Å². The monoisotopic (exact) mass is 512 g/mol. The van der Waals surface area contributed by atoms with Gasteiger partial charge in [0.15, 0.2) is 22.1 Å². The van der Waals surface area contributed by atoms with Gasteiger partial charge in [0.05, 0.1) is 7.11 Å². The fraction of sp³-hybridized carbons (Fsp3) is 0.421. The number of nitrogens with zero attached hydrogens (tertiary/aromatic N) is 4. The van der Waals surface area contributed by atoms with Crippen molar-refractivity contribution in [3.63, 3.8) is 0 Å². The van der Waals surface area contributed by atoms with E-state index < -0.39 is 0 Å². The minimum absolute atomic E-state index is 0.404. The number of nitrogens with one attached hydrogen (secondary N) is 1. The lowest BCUT2D eigenvalue weighted by Gasteiger charge is -2.11. The molecule has 9 heteroatoms. The number of ether oxygens (including phenoxy) is 1. The molecule has 7 nitrogen and oxygen atoms in total. The number of anilines is 1. The molecule has 0 amide bonds. The van der Waals surface area contributed by atoms with E-state index >= 15 is 0 Å². The molecule has 0 fully saturated rings. The van der Waals surface area contributed by atoms with Crippen molar-refractivity contribution in [2.45, 2.75) is 42.8 Å². The molecule has 0 saturated heterocycles. The highest BCUT2D eigenvalue weighted by Crippen LogP contribution is 2.35. The van der Waals surface area contributed by atoms with E-state index in [1.54, 1.807) is 18.9 Å². The van der Waals surface area contributed by atoms with Gasteiger partial charge in [0.2, 0.25) is 0 Å². The van der Waals surface area contributed by atoms with E-state index in [1.807, 2.05) is 18.2 Å². The number of nitrogen functional groups attached to an aromatic ring is 1. The summed E-state index contributed by atoms with van der Waals surface area (Å²) in [4.78, 5) is 14.3. The Hall–Kier alpha value is -1.59. The summed E-state index contributed by atoms with van der Waals surface area (Å²) in [6, 6.07) is 6.02. The predicted octanol–water partition coefficient (Wildman–Crippen LogP) is 3.95. The first kappa shape index (κ1) is 21.1. The average Bonchev–Trinajstić information content (AvgIpc) is 3.05. The largest absolute Gasteiger partial charge is 0.497 e. The first-order valence-electron chi connectivity index (χ1n) is 9.32. The molecule has 28 heavy (non-hydrogen) atoms. The van der Waals surface area contributed by atoms with Crippen LogP contribution in [0.2, 0.25) is 0 Å². The van der Waals surface area contributed by atoms with Crippen molar-refractivity contribution in [1.82, 2.24) is 24.8 Å². The zero-order chi connectivity index (χ0) is 19.9. The summed E-state index contributed by atoms with van der Waals surface area (Å²) in [5.41, 5.74) is 7.46. The first-order chi connectivity index (χ1) is 13.6. The van der Waals surface area contributed by atoms with E-state index in [0.717, 1.165) is 44.7 Å². The van der Waals surface area contributed by atoms with Gasteiger partial charge in [0, 0.05) is 21.6 Å². The van der Waals surface area contributed by atoms with Crippen LogP contribution in [-0.4, -0.2) is 39.7 Å². The summed E-state index contributed by atoms with van der Waals surface area (Å²) in [6.07, 6.45) is 5.16. The van der Waals surface area contributed by atoms with E-state index in [1.165, 1.54) is 25.6 Å². The molecular formula is C19H25IN6OS. The molecule has 3 aromatic rings. The second-order valence-corrected chi connectivity index (χ2v) is 8.50. The lowest BCUT2D eigenvalue weighted by molar-refractivity contribution is 0.413. The molecule has 0 aliphatic heterocycles. The Morgan fingerprint density at radius 3 is 2.89 bits per heavy atom. The van der Waals surface area contributed by atoms with Crippen LogP contribution in [0.5, 0.6) is 5.75 Å². The van der Waals surface area contributed by atoms with Gasteiger partial charge in [-0.15, -0.1) is 0 Å². The summed E-state index contributed by atoms with van der Waals surface area (Å²) in [5.74, 6) is 1.23. The minimum atomic E-state index is 0.404. The molecule has 0 radical (unpaired) electrons. The predicted molar refractivity (Wildman–Crippen MR) is 122 cm³/mol. The van der Waals surface area contributed by atoms with Crippen LogP contribution in [0, 0.1) is 3.57 Å². The Morgan fingerprint density at radius 1 is 1.25 bits per heavy atom. The van der Waals surface area contributed by atoms with E-state index in [0.29, 0.717) is 11.3 Å². The Labute approximate surface area is 183 Å². The number of benzene rings is 1. The molecule has 3 rings (SSSR count). The van der Waals surface area contributed by atoms with Crippen LogP contribution in [0.3, 0.4) is 0 Å². The highest BCUT2D eigenvalue weighted by atomic mass is 127. The number of hydrogen-bond acceptors (Lipinski definition) is 7. The number of methoxy groups -OCH3 is 1. The highest BCUT2D eigenvalue weighted by Gasteiger charge is 2.17. The van der Waals surface area contributed by atoms with Crippen molar-refractivity contribution in [3.05, 3.63) is 28.1 Å². The van der Waals surface area contributed by atoms with Gasteiger partial charge in [-0.1, -0.05) is 31.5 Å². The summed E-state index contributed by atoms with van der Waals surface area (Å²) in [5, 5.41) is 4.36. The number of halogens is 1. The van der Waals surface area contributed by atoms with Gasteiger partial charge in [-0.05, 0) is 53.8 Å². The number of imidazole rings is 1. The number of fused-ring (bicyclic) bond motifs is 1. The summed E-state index contributed by atoms with van der Waals surface area (Å²) >= 11 is 3.92. The third-order valence-electron chi connectivity index (χ3n) is 4.33. The number of aromatic nitrogens is 4. The molecule has 3 N–H and O–H groups in total. The van der Waals surface area contributed by atoms with Crippen LogP contribution in [0.1, 0.15) is 26.2 Å². The van der Waals surface area contributed by atoms with Crippen LogP contribution in [-0.2, 0) is 6.54 Å². The molecule has 0 atom stereocenters. The standard InChI is InChI=1S/C19H25IN6OS/c1-3-4-5-8-22-9-10-26-18-16(17(21)23-12-24-18)25-19(26)28-15-11-13(27-2)6-7-14(15)20/h6-7,11-12,22H,3-5,8-10H2,1-2H3,(H2,21,23,24). The maximum atomic E-state index is 6.04. The molecule has 150 valence electrons. The van der Waals surface area contributed by atoms with Crippen LogP contribution >= 0.6 is 34.4 Å². The Balaban J connectivity index is 1.85. The fourth-order valence-corrected chi connectivity index (χ4v) is 4.44. The lowest BCUT2D eigenvalue weighted by Crippen LogP contribution is -2.21. The molecule has 0 aliphatic carbocycles. The van der Waals surface area contributed by atoms with Crippen molar-refractivity contribution in [2.24, 2.45) is 0 Å². The van der Waals surface area contributed by atoms with Gasteiger partial charge in [-0.25, -0.2) is 15.0 Å². The fourth-order valence-electron chi connectivity index (χ4n) is 2.82. The second kappa shape index (κ2) is 10.3. The smallest absolute Gasteiger partial charge is 0.175 e. The summed E-state index contributed by atoms with van der Waals surface area (Å²) in [7, 11) is 1.67. The Morgan fingerprint density at radius 2 is 2.11 bits per heavy atom. The van der Waals surface area contributed by atoms with Gasteiger partial charge in [-0.3, -0.25) is 0 Å². The van der Waals surface area contributed by atoms with Crippen molar-refractivity contribution < 1.29 is 4.74 Å². The number of hydrogen-bond donors (Lipinski definition) is 2. The van der Waals surface area contributed by atoms with Crippen molar-refractivity contribution >= 4 is 51.3 Å². The van der Waals surface area contributed by atoms with E-state index in [2.05, 4.69) is 49.4 Å². The molecule has 0 spiro atoms. The Kier molecular flexibility index (Phi) is 7.74. The van der Waals surface area contributed by atoms with Crippen molar-refractivity contribution in [3.8, 4) is 5.75 Å². The minimum Gasteiger partial charge on any atom is -0.497 e. The Bertz CT molecular complexity index is 932. The second-order valence-electron chi connectivity index (χ2n) is 6.33. The normalized spacial score (nSPS) is 11.2.